The molecule has 0 saturated heterocycles. The minimum absolute atomic E-state index is 0.648. The summed E-state index contributed by atoms with van der Waals surface area (Å²) in [4.78, 5) is 2.17. The Morgan fingerprint density at radius 3 is 2.80 bits per heavy atom. The van der Waals surface area contributed by atoms with Crippen LogP contribution >= 0.6 is 0 Å². The molecule has 3 rings (SSSR count). The molecule has 0 amide bonds. The highest BCUT2D eigenvalue weighted by Crippen LogP contribution is 2.47. The highest BCUT2D eigenvalue weighted by atomic mass is 16.5. The zero-order valence-electron chi connectivity index (χ0n) is 11.6. The lowest BCUT2D eigenvalue weighted by Gasteiger charge is -2.32. The fourth-order valence-electron chi connectivity index (χ4n) is 2.48. The third-order valence-electron chi connectivity index (χ3n) is 3.45. The van der Waals surface area contributed by atoms with Crippen LogP contribution in [0.4, 0.5) is 22.7 Å². The highest BCUT2D eigenvalue weighted by molar-refractivity contribution is 5.94. The van der Waals surface area contributed by atoms with E-state index in [1.807, 2.05) is 30.3 Å². The molecule has 2 aromatic carbocycles. The van der Waals surface area contributed by atoms with Gasteiger partial charge in [-0.1, -0.05) is 24.3 Å². The Morgan fingerprint density at radius 2 is 1.95 bits per heavy atom. The molecule has 20 heavy (non-hydrogen) atoms. The van der Waals surface area contributed by atoms with Crippen LogP contribution in [0.5, 0.6) is 5.75 Å². The Balaban J connectivity index is 1.98. The van der Waals surface area contributed by atoms with Gasteiger partial charge >= 0.3 is 0 Å². The summed E-state index contributed by atoms with van der Waals surface area (Å²) in [6.07, 6.45) is 2.71. The molecule has 1 aliphatic heterocycles. The highest BCUT2D eigenvalue weighted by Gasteiger charge is 2.22. The van der Waals surface area contributed by atoms with Crippen molar-refractivity contribution in [3.8, 4) is 5.75 Å². The van der Waals surface area contributed by atoms with Gasteiger partial charge < -0.3 is 15.0 Å². The van der Waals surface area contributed by atoms with E-state index in [2.05, 4.69) is 42.0 Å². The number of hydrogen-bond donors (Lipinski definition) is 1. The summed E-state index contributed by atoms with van der Waals surface area (Å²) in [6, 6.07) is 14.4. The molecule has 0 atom stereocenters. The first kappa shape index (κ1) is 12.6. The number of rotatable bonds is 4. The van der Waals surface area contributed by atoms with Gasteiger partial charge in [-0.2, -0.15) is 0 Å². The molecular weight excluding hydrogens is 248 g/mol. The molecule has 102 valence electrons. The third kappa shape index (κ3) is 2.11. The van der Waals surface area contributed by atoms with E-state index in [9.17, 15) is 0 Å². The predicted octanol–water partition coefficient (Wildman–Crippen LogP) is 4.47. The van der Waals surface area contributed by atoms with E-state index < -0.39 is 0 Å². The van der Waals surface area contributed by atoms with Gasteiger partial charge in [0.1, 0.15) is 11.4 Å². The van der Waals surface area contributed by atoms with Crippen LogP contribution < -0.4 is 15.0 Å². The summed E-state index contributed by atoms with van der Waals surface area (Å²) in [5.41, 5.74) is 4.42. The second-order valence-corrected chi connectivity index (χ2v) is 4.78. The molecule has 1 N–H and O–H groups in total. The van der Waals surface area contributed by atoms with Crippen molar-refractivity contribution < 1.29 is 4.74 Å². The summed E-state index contributed by atoms with van der Waals surface area (Å²) >= 11 is 0. The van der Waals surface area contributed by atoms with Crippen molar-refractivity contribution in [1.29, 1.82) is 0 Å². The topological polar surface area (TPSA) is 24.5 Å². The summed E-state index contributed by atoms with van der Waals surface area (Å²) in [5.74, 6) is 0.897. The van der Waals surface area contributed by atoms with E-state index in [0.29, 0.717) is 6.61 Å². The first-order valence-electron chi connectivity index (χ1n) is 6.78. The SMILES string of the molecule is C=CCCOc1cccc2c1N(C)c1ccccc1N2. The number of anilines is 4. The predicted molar refractivity (Wildman–Crippen MR) is 84.5 cm³/mol. The standard InChI is InChI=1S/C17H18N2O/c1-3-4-12-20-16-11-7-9-14-17(16)19(2)15-10-6-5-8-13(15)18-14/h3,5-11,18H,1,4,12H2,2H3. The molecule has 1 heterocycles. The maximum atomic E-state index is 5.88. The van der Waals surface area contributed by atoms with Crippen LogP contribution in [0.2, 0.25) is 0 Å². The molecule has 0 unspecified atom stereocenters. The molecule has 0 saturated carbocycles. The van der Waals surface area contributed by atoms with Gasteiger partial charge in [-0.25, -0.2) is 0 Å². The number of nitrogens with one attached hydrogen (secondary N) is 1. The minimum atomic E-state index is 0.648. The van der Waals surface area contributed by atoms with Crippen LogP contribution in [0.25, 0.3) is 0 Å². The molecule has 0 bridgehead atoms. The van der Waals surface area contributed by atoms with E-state index >= 15 is 0 Å². The van der Waals surface area contributed by atoms with Crippen molar-refractivity contribution in [2.75, 3.05) is 23.9 Å². The fourth-order valence-corrected chi connectivity index (χ4v) is 2.48. The van der Waals surface area contributed by atoms with Crippen molar-refractivity contribution in [2.24, 2.45) is 0 Å². The molecule has 0 aromatic heterocycles. The van der Waals surface area contributed by atoms with Crippen LogP contribution in [0, 0.1) is 0 Å². The first-order chi connectivity index (χ1) is 9.81. The normalized spacial score (nSPS) is 12.2. The third-order valence-corrected chi connectivity index (χ3v) is 3.45. The maximum Gasteiger partial charge on any atom is 0.145 e. The minimum Gasteiger partial charge on any atom is -0.491 e. The van der Waals surface area contributed by atoms with Gasteiger partial charge in [0.05, 0.1) is 23.7 Å². The number of benzene rings is 2. The van der Waals surface area contributed by atoms with Crippen molar-refractivity contribution >= 4 is 22.7 Å². The molecular formula is C17H18N2O. The zero-order valence-corrected chi connectivity index (χ0v) is 11.6. The van der Waals surface area contributed by atoms with Crippen molar-refractivity contribution in [1.82, 2.24) is 0 Å². The molecule has 0 radical (unpaired) electrons. The van der Waals surface area contributed by atoms with Crippen LogP contribution in [0.15, 0.2) is 55.1 Å². The molecule has 0 aliphatic carbocycles. The quantitative estimate of drug-likeness (QED) is 0.653. The van der Waals surface area contributed by atoms with Gasteiger partial charge in [-0.15, -0.1) is 6.58 Å². The van der Waals surface area contributed by atoms with Crippen LogP contribution in [0.1, 0.15) is 6.42 Å². The first-order valence-corrected chi connectivity index (χ1v) is 6.78. The van der Waals surface area contributed by atoms with E-state index in [0.717, 1.165) is 34.9 Å². The molecule has 3 heteroatoms. The second kappa shape index (κ2) is 5.29. The lowest BCUT2D eigenvalue weighted by Crippen LogP contribution is -2.18. The Kier molecular flexibility index (Phi) is 3.33. The van der Waals surface area contributed by atoms with E-state index in [1.165, 1.54) is 0 Å². The average Bonchev–Trinajstić information content (AvgIpc) is 2.48. The Labute approximate surface area is 119 Å². The average molecular weight is 266 g/mol. The van der Waals surface area contributed by atoms with Crippen LogP contribution in [-0.4, -0.2) is 13.7 Å². The number of ether oxygens (including phenoxy) is 1. The van der Waals surface area contributed by atoms with Gasteiger partial charge in [0, 0.05) is 7.05 Å². The number of para-hydroxylation sites is 3. The smallest absolute Gasteiger partial charge is 0.145 e. The van der Waals surface area contributed by atoms with E-state index in [-0.39, 0.29) is 0 Å². The zero-order chi connectivity index (χ0) is 13.9. The molecule has 2 aromatic rings. The lowest BCUT2D eigenvalue weighted by atomic mass is 10.1. The van der Waals surface area contributed by atoms with Gasteiger partial charge in [0.15, 0.2) is 0 Å². The summed E-state index contributed by atoms with van der Waals surface area (Å²) in [5, 5.41) is 3.46. The largest absolute Gasteiger partial charge is 0.491 e. The van der Waals surface area contributed by atoms with E-state index in [1.54, 1.807) is 0 Å². The summed E-state index contributed by atoms with van der Waals surface area (Å²) in [6.45, 7) is 4.37. The Bertz CT molecular complexity index is 637. The second-order valence-electron chi connectivity index (χ2n) is 4.78. The van der Waals surface area contributed by atoms with Crippen molar-refractivity contribution in [3.63, 3.8) is 0 Å². The maximum absolute atomic E-state index is 5.88. The Hall–Kier alpha value is -2.42. The monoisotopic (exact) mass is 266 g/mol. The Morgan fingerprint density at radius 1 is 1.15 bits per heavy atom. The molecule has 0 spiro atoms. The number of nitrogens with zero attached hydrogens (tertiary/aromatic N) is 1. The van der Waals surface area contributed by atoms with Crippen molar-refractivity contribution in [3.05, 3.63) is 55.1 Å². The number of fused-ring (bicyclic) bond motifs is 2. The molecule has 3 nitrogen and oxygen atoms in total. The molecule has 1 aliphatic rings. The van der Waals surface area contributed by atoms with E-state index in [4.69, 9.17) is 4.74 Å². The fraction of sp³-hybridized carbons (Fsp3) is 0.176. The van der Waals surface area contributed by atoms with Gasteiger partial charge in [-0.05, 0) is 30.7 Å². The van der Waals surface area contributed by atoms with Crippen molar-refractivity contribution in [2.45, 2.75) is 6.42 Å². The number of hydrogen-bond acceptors (Lipinski definition) is 3. The van der Waals surface area contributed by atoms with Gasteiger partial charge in [0.25, 0.3) is 0 Å². The summed E-state index contributed by atoms with van der Waals surface area (Å²) in [7, 11) is 2.07. The van der Waals surface area contributed by atoms with Gasteiger partial charge in [0.2, 0.25) is 0 Å². The van der Waals surface area contributed by atoms with Crippen LogP contribution in [-0.2, 0) is 0 Å². The lowest BCUT2D eigenvalue weighted by molar-refractivity contribution is 0.326. The van der Waals surface area contributed by atoms with Crippen LogP contribution in [0.3, 0.4) is 0 Å². The van der Waals surface area contributed by atoms with Gasteiger partial charge in [-0.3, -0.25) is 0 Å². The summed E-state index contributed by atoms with van der Waals surface area (Å²) < 4.78 is 5.88. The molecule has 0 fully saturated rings.